The molecule has 2 atom stereocenters. The van der Waals surface area contributed by atoms with Crippen molar-refractivity contribution in [3.05, 3.63) is 15.8 Å². The lowest BCUT2D eigenvalue weighted by Gasteiger charge is -2.49. The number of aliphatic hydroxyl groups is 1. The number of aliphatic hydroxyl groups excluding tert-OH is 1. The molecule has 1 fully saturated rings. The monoisotopic (exact) mass is 254 g/mol. The maximum atomic E-state index is 11.0. The lowest BCUT2D eigenvalue weighted by Crippen LogP contribution is -2.57. The van der Waals surface area contributed by atoms with Gasteiger partial charge in [-0.15, -0.1) is 0 Å². The highest BCUT2D eigenvalue weighted by atomic mass is 16.6. The predicted molar refractivity (Wildman–Crippen MR) is 66.4 cm³/mol. The van der Waals surface area contributed by atoms with Crippen molar-refractivity contribution >= 4 is 11.5 Å². The van der Waals surface area contributed by atoms with Gasteiger partial charge in [0.25, 0.3) is 0 Å². The first-order chi connectivity index (χ1) is 8.25. The zero-order valence-electron chi connectivity index (χ0n) is 11.0. The second kappa shape index (κ2) is 3.94. The van der Waals surface area contributed by atoms with E-state index < -0.39 is 4.92 Å². The van der Waals surface area contributed by atoms with Gasteiger partial charge in [0.05, 0.1) is 11.0 Å². The molecule has 0 aliphatic heterocycles. The van der Waals surface area contributed by atoms with E-state index in [0.29, 0.717) is 17.9 Å². The number of hydrogen-bond donors (Lipinski definition) is 2. The molecule has 0 amide bonds. The SMILES string of the molecule is Cc1nn(C)c(NC2CC(O)C2(C)C)c1[N+](=O)[O-]. The highest BCUT2D eigenvalue weighted by Gasteiger charge is 2.48. The van der Waals surface area contributed by atoms with Crippen LogP contribution in [0, 0.1) is 22.5 Å². The molecule has 2 N–H and O–H groups in total. The molecule has 0 spiro atoms. The Hall–Kier alpha value is -1.63. The maximum absolute atomic E-state index is 11.0. The molecule has 7 heteroatoms. The minimum atomic E-state index is -0.424. The van der Waals surface area contributed by atoms with E-state index in [-0.39, 0.29) is 23.2 Å². The van der Waals surface area contributed by atoms with E-state index >= 15 is 0 Å². The van der Waals surface area contributed by atoms with Gasteiger partial charge in [-0.2, -0.15) is 5.10 Å². The van der Waals surface area contributed by atoms with E-state index in [1.54, 1.807) is 14.0 Å². The maximum Gasteiger partial charge on any atom is 0.333 e. The number of nitrogens with zero attached hydrogens (tertiary/aromatic N) is 3. The van der Waals surface area contributed by atoms with E-state index in [4.69, 9.17) is 0 Å². The van der Waals surface area contributed by atoms with E-state index in [1.165, 1.54) is 4.68 Å². The van der Waals surface area contributed by atoms with Crippen LogP contribution in [0.2, 0.25) is 0 Å². The third kappa shape index (κ3) is 1.74. The first kappa shape index (κ1) is 12.8. The topological polar surface area (TPSA) is 93.2 Å². The lowest BCUT2D eigenvalue weighted by atomic mass is 9.64. The van der Waals surface area contributed by atoms with Crippen LogP contribution in [0.15, 0.2) is 0 Å². The third-order valence-electron chi connectivity index (χ3n) is 3.90. The third-order valence-corrected chi connectivity index (χ3v) is 3.90. The number of hydrogen-bond acceptors (Lipinski definition) is 5. The summed E-state index contributed by atoms with van der Waals surface area (Å²) in [5.41, 5.74) is 0.115. The van der Waals surface area contributed by atoms with Crippen LogP contribution < -0.4 is 5.32 Å². The highest BCUT2D eigenvalue weighted by molar-refractivity contribution is 5.60. The van der Waals surface area contributed by atoms with Gasteiger partial charge in [-0.3, -0.25) is 10.1 Å². The largest absolute Gasteiger partial charge is 0.392 e. The first-order valence-corrected chi connectivity index (χ1v) is 5.87. The van der Waals surface area contributed by atoms with Crippen LogP contribution in [-0.2, 0) is 7.05 Å². The molecule has 2 unspecified atom stereocenters. The minimum absolute atomic E-state index is 0.00897. The van der Waals surface area contributed by atoms with Crippen molar-refractivity contribution in [1.82, 2.24) is 9.78 Å². The van der Waals surface area contributed by atoms with Gasteiger partial charge in [-0.25, -0.2) is 4.68 Å². The average molecular weight is 254 g/mol. The molecule has 0 saturated heterocycles. The normalized spacial score (nSPS) is 25.6. The van der Waals surface area contributed by atoms with Crippen LogP contribution in [0.1, 0.15) is 26.0 Å². The van der Waals surface area contributed by atoms with Gasteiger partial charge in [0, 0.05) is 18.5 Å². The van der Waals surface area contributed by atoms with Gasteiger partial charge in [0.2, 0.25) is 5.82 Å². The number of anilines is 1. The van der Waals surface area contributed by atoms with Crippen LogP contribution in [-0.4, -0.2) is 32.0 Å². The Bertz CT molecular complexity index is 495. The zero-order valence-corrected chi connectivity index (χ0v) is 11.0. The van der Waals surface area contributed by atoms with E-state index in [9.17, 15) is 15.2 Å². The lowest BCUT2D eigenvalue weighted by molar-refractivity contribution is -0.384. The molecule has 7 nitrogen and oxygen atoms in total. The summed E-state index contributed by atoms with van der Waals surface area (Å²) in [6.45, 7) is 5.49. The molecule has 1 aromatic heterocycles. The fourth-order valence-corrected chi connectivity index (χ4v) is 2.34. The predicted octanol–water partition coefficient (Wildman–Crippen LogP) is 1.21. The number of aromatic nitrogens is 2. The van der Waals surface area contributed by atoms with Crippen LogP contribution >= 0.6 is 0 Å². The molecule has 2 rings (SSSR count). The van der Waals surface area contributed by atoms with Crippen molar-refractivity contribution in [2.75, 3.05) is 5.32 Å². The van der Waals surface area contributed by atoms with Crippen LogP contribution in [0.4, 0.5) is 11.5 Å². The molecule has 18 heavy (non-hydrogen) atoms. The number of nitro groups is 1. The summed E-state index contributed by atoms with van der Waals surface area (Å²) in [5.74, 6) is 0.405. The van der Waals surface area contributed by atoms with Gasteiger partial charge in [-0.05, 0) is 13.3 Å². The molecule has 0 aromatic carbocycles. The first-order valence-electron chi connectivity index (χ1n) is 5.87. The summed E-state index contributed by atoms with van der Waals surface area (Å²) in [6.07, 6.45) is 0.220. The van der Waals surface area contributed by atoms with Crippen LogP contribution in [0.25, 0.3) is 0 Å². The van der Waals surface area contributed by atoms with E-state index in [0.717, 1.165) is 0 Å². The van der Waals surface area contributed by atoms with Crippen LogP contribution in [0.3, 0.4) is 0 Å². The van der Waals surface area contributed by atoms with Crippen molar-refractivity contribution < 1.29 is 10.0 Å². The molecule has 0 bridgehead atoms. The molecular formula is C11H18N4O3. The van der Waals surface area contributed by atoms with Gasteiger partial charge < -0.3 is 10.4 Å². The summed E-state index contributed by atoms with van der Waals surface area (Å²) in [6, 6.07) is 0.0148. The summed E-state index contributed by atoms with van der Waals surface area (Å²) < 4.78 is 1.48. The fraction of sp³-hybridized carbons (Fsp3) is 0.727. The molecule has 100 valence electrons. The second-order valence-corrected chi connectivity index (χ2v) is 5.43. The van der Waals surface area contributed by atoms with Crippen molar-refractivity contribution in [2.45, 2.75) is 39.3 Å². The zero-order chi connectivity index (χ0) is 13.7. The summed E-state index contributed by atoms with van der Waals surface area (Å²) in [7, 11) is 1.67. The molecule has 1 saturated carbocycles. The Morgan fingerprint density at radius 3 is 2.67 bits per heavy atom. The van der Waals surface area contributed by atoms with Crippen molar-refractivity contribution in [3.8, 4) is 0 Å². The Kier molecular flexibility index (Phi) is 2.81. The Morgan fingerprint density at radius 1 is 1.61 bits per heavy atom. The Balaban J connectivity index is 2.28. The minimum Gasteiger partial charge on any atom is -0.392 e. The van der Waals surface area contributed by atoms with Crippen molar-refractivity contribution in [3.63, 3.8) is 0 Å². The van der Waals surface area contributed by atoms with E-state index in [2.05, 4.69) is 10.4 Å². The summed E-state index contributed by atoms with van der Waals surface area (Å²) in [4.78, 5) is 10.6. The Labute approximate surface area is 105 Å². The number of nitrogens with one attached hydrogen (secondary N) is 1. The van der Waals surface area contributed by atoms with Crippen molar-refractivity contribution in [1.29, 1.82) is 0 Å². The molecular weight excluding hydrogens is 236 g/mol. The van der Waals surface area contributed by atoms with Gasteiger partial charge in [0.1, 0.15) is 5.69 Å². The molecule has 0 radical (unpaired) electrons. The molecule has 1 aliphatic carbocycles. The highest BCUT2D eigenvalue weighted by Crippen LogP contribution is 2.43. The fourth-order valence-electron chi connectivity index (χ4n) is 2.34. The summed E-state index contributed by atoms with van der Waals surface area (Å²) in [5, 5.41) is 27.9. The van der Waals surface area contributed by atoms with Gasteiger partial charge in [-0.1, -0.05) is 13.8 Å². The average Bonchev–Trinajstić information content (AvgIpc) is 2.53. The van der Waals surface area contributed by atoms with Gasteiger partial charge in [0.15, 0.2) is 0 Å². The van der Waals surface area contributed by atoms with Crippen LogP contribution in [0.5, 0.6) is 0 Å². The number of rotatable bonds is 3. The van der Waals surface area contributed by atoms with E-state index in [1.807, 2.05) is 13.8 Å². The molecule has 1 aliphatic rings. The smallest absolute Gasteiger partial charge is 0.333 e. The van der Waals surface area contributed by atoms with Gasteiger partial charge >= 0.3 is 5.69 Å². The van der Waals surface area contributed by atoms with Crippen molar-refractivity contribution in [2.24, 2.45) is 12.5 Å². The second-order valence-electron chi connectivity index (χ2n) is 5.43. The number of aryl methyl sites for hydroxylation is 2. The summed E-state index contributed by atoms with van der Waals surface area (Å²) >= 11 is 0. The molecule has 1 aromatic rings. The standard InChI is InChI=1S/C11H18N4O3/c1-6-9(15(17)18)10(14(4)13-6)12-7-5-8(16)11(7,2)3/h7-8,12,16H,5H2,1-4H3. The quantitative estimate of drug-likeness (QED) is 0.624. The molecule has 1 heterocycles. The Morgan fingerprint density at radius 2 is 2.22 bits per heavy atom.